The number of benzene rings is 3. The molecule has 0 saturated carbocycles. The molecule has 0 heterocycles. The highest BCUT2D eigenvalue weighted by atomic mass is 19.2. The van der Waals surface area contributed by atoms with Gasteiger partial charge in [-0.3, -0.25) is 0 Å². The molecule has 0 spiro atoms. The molecule has 1 aliphatic rings. The Balaban J connectivity index is 2.15. The number of fused-ring (bicyclic) bond motifs is 1. The molecule has 0 bridgehead atoms. The fourth-order valence-electron chi connectivity index (χ4n) is 3.79. The zero-order valence-electron chi connectivity index (χ0n) is 15.5. The van der Waals surface area contributed by atoms with Crippen LogP contribution in [-0.2, 0) is 6.42 Å². The van der Waals surface area contributed by atoms with Crippen molar-refractivity contribution in [1.82, 2.24) is 0 Å². The van der Waals surface area contributed by atoms with Crippen molar-refractivity contribution in [2.75, 3.05) is 0 Å². The Hall–Kier alpha value is -3.24. The largest absolute Gasteiger partial charge is 0.257 e. The number of hydrogen-bond acceptors (Lipinski definition) is 0. The van der Waals surface area contributed by atoms with E-state index in [-0.39, 0.29) is 17.5 Å². The average Bonchev–Trinajstić information content (AvgIpc) is 3.21. The Kier molecular flexibility index (Phi) is 5.30. The maximum atomic E-state index is 14.7. The van der Waals surface area contributed by atoms with E-state index in [1.54, 1.807) is 6.07 Å². The molecule has 0 atom stereocenters. The predicted octanol–water partition coefficient (Wildman–Crippen LogP) is 4.87. The fraction of sp³-hybridized carbons (Fsp3) is 0.0476. The molecule has 11 heteroatoms. The summed E-state index contributed by atoms with van der Waals surface area (Å²) in [5, 5.41) is 0. The Labute approximate surface area is 173 Å². The van der Waals surface area contributed by atoms with Crippen LogP contribution in [-0.4, -0.2) is 6.71 Å². The highest BCUT2D eigenvalue weighted by Gasteiger charge is 2.42. The van der Waals surface area contributed by atoms with E-state index in [1.165, 1.54) is 18.2 Å². The van der Waals surface area contributed by atoms with Gasteiger partial charge in [-0.1, -0.05) is 35.8 Å². The average molecular weight is 460 g/mol. The Morgan fingerprint density at radius 3 is 1.31 bits per heavy atom. The van der Waals surface area contributed by atoms with Gasteiger partial charge in [0.15, 0.2) is 58.2 Å². The summed E-state index contributed by atoms with van der Waals surface area (Å²) in [7, 11) is 0. The summed E-state index contributed by atoms with van der Waals surface area (Å²) in [6, 6.07) is 5.78. The minimum absolute atomic E-state index is 0.0206. The quantitative estimate of drug-likeness (QED) is 0.227. The van der Waals surface area contributed by atoms with E-state index in [2.05, 4.69) is 0 Å². The monoisotopic (exact) mass is 460 g/mol. The van der Waals surface area contributed by atoms with Gasteiger partial charge in [-0.2, -0.15) is 0 Å². The number of rotatable bonds is 3. The standard InChI is InChI=1S/C21H7BF10/c23-12-10(13(24)17(28)20(31)16(12)27)22(9-6-5-7-3-1-2-4-8(7)9)11-14(25)18(29)21(32)19(30)15(11)26/h1-4,6H,5H2. The predicted molar refractivity (Wildman–Crippen MR) is 95.6 cm³/mol. The van der Waals surface area contributed by atoms with Crippen molar-refractivity contribution in [2.45, 2.75) is 6.42 Å². The van der Waals surface area contributed by atoms with Crippen LogP contribution < -0.4 is 10.9 Å². The second-order valence-electron chi connectivity index (χ2n) is 6.92. The number of allylic oxidation sites excluding steroid dienone is 1. The molecule has 3 aromatic carbocycles. The van der Waals surface area contributed by atoms with Crippen LogP contribution in [0.2, 0.25) is 0 Å². The molecule has 0 saturated heterocycles. The molecule has 164 valence electrons. The highest BCUT2D eigenvalue weighted by molar-refractivity contribution is 7.00. The first-order valence-corrected chi connectivity index (χ1v) is 8.88. The molecule has 1 aliphatic carbocycles. The maximum absolute atomic E-state index is 14.7. The summed E-state index contributed by atoms with van der Waals surface area (Å²) in [5.74, 6) is -24.6. The van der Waals surface area contributed by atoms with E-state index in [0.29, 0.717) is 5.56 Å². The minimum atomic E-state index is -2.54. The van der Waals surface area contributed by atoms with E-state index in [1.807, 2.05) is 0 Å². The molecule has 0 aromatic heterocycles. The lowest BCUT2D eigenvalue weighted by molar-refractivity contribution is 0.382. The Bertz CT molecular complexity index is 1190. The first kappa shape index (κ1) is 22.0. The van der Waals surface area contributed by atoms with Crippen LogP contribution in [0.3, 0.4) is 0 Å². The summed E-state index contributed by atoms with van der Waals surface area (Å²) >= 11 is 0. The van der Waals surface area contributed by atoms with Gasteiger partial charge in [0.05, 0.1) is 0 Å². The van der Waals surface area contributed by atoms with Crippen molar-refractivity contribution in [3.05, 3.63) is 99.6 Å². The molecule has 0 amide bonds. The van der Waals surface area contributed by atoms with Gasteiger partial charge in [0.2, 0.25) is 0 Å². The van der Waals surface area contributed by atoms with Gasteiger partial charge in [-0.05, 0) is 17.5 Å². The van der Waals surface area contributed by atoms with Gasteiger partial charge in [0.1, 0.15) is 0 Å². The third kappa shape index (κ3) is 3.02. The first-order valence-electron chi connectivity index (χ1n) is 8.88. The highest BCUT2D eigenvalue weighted by Crippen LogP contribution is 2.32. The molecule has 0 aliphatic heterocycles. The van der Waals surface area contributed by atoms with E-state index < -0.39 is 75.8 Å². The zero-order valence-corrected chi connectivity index (χ0v) is 15.5. The Morgan fingerprint density at radius 1 is 0.500 bits per heavy atom. The van der Waals surface area contributed by atoms with Gasteiger partial charge >= 0.3 is 0 Å². The molecule has 4 rings (SSSR count). The van der Waals surface area contributed by atoms with Crippen LogP contribution >= 0.6 is 0 Å². The van der Waals surface area contributed by atoms with Crippen molar-refractivity contribution in [3.63, 3.8) is 0 Å². The molecule has 0 nitrogen and oxygen atoms in total. The maximum Gasteiger partial charge on any atom is 0.257 e. The smallest absolute Gasteiger partial charge is 0.204 e. The summed E-state index contributed by atoms with van der Waals surface area (Å²) in [6.07, 6.45) is 1.18. The van der Waals surface area contributed by atoms with E-state index >= 15 is 0 Å². The molecule has 0 N–H and O–H groups in total. The van der Waals surface area contributed by atoms with Gasteiger partial charge in [0.25, 0.3) is 6.71 Å². The summed E-state index contributed by atoms with van der Waals surface area (Å²) in [4.78, 5) is 0. The zero-order chi connectivity index (χ0) is 23.5. The second kappa shape index (κ2) is 7.72. The number of hydrogen-bond donors (Lipinski definition) is 0. The van der Waals surface area contributed by atoms with Crippen LogP contribution in [0.15, 0.2) is 30.3 Å². The van der Waals surface area contributed by atoms with Gasteiger partial charge < -0.3 is 0 Å². The minimum Gasteiger partial charge on any atom is -0.204 e. The SMILES string of the molecule is Fc1c(F)c(F)c(B(C2=CCc3ccccc32)c2c(F)c(F)c(F)c(F)c2F)c(F)c1F. The van der Waals surface area contributed by atoms with Gasteiger partial charge in [-0.25, -0.2) is 43.9 Å². The lowest BCUT2D eigenvalue weighted by Crippen LogP contribution is -2.51. The van der Waals surface area contributed by atoms with Crippen molar-refractivity contribution < 1.29 is 43.9 Å². The van der Waals surface area contributed by atoms with Crippen molar-refractivity contribution >= 4 is 23.1 Å². The lowest BCUT2D eigenvalue weighted by Gasteiger charge is -2.21. The summed E-state index contributed by atoms with van der Waals surface area (Å²) < 4.78 is 141. The van der Waals surface area contributed by atoms with Gasteiger partial charge in [-0.15, -0.1) is 0 Å². The summed E-state index contributed by atoms with van der Waals surface area (Å²) in [6.45, 7) is -2.53. The number of halogens is 10. The van der Waals surface area contributed by atoms with Crippen molar-refractivity contribution in [1.29, 1.82) is 0 Å². The fourth-order valence-corrected chi connectivity index (χ4v) is 3.79. The second-order valence-corrected chi connectivity index (χ2v) is 6.92. The van der Waals surface area contributed by atoms with Crippen molar-refractivity contribution in [3.8, 4) is 0 Å². The molecule has 0 unspecified atom stereocenters. The third-order valence-corrected chi connectivity index (χ3v) is 5.25. The van der Waals surface area contributed by atoms with Crippen LogP contribution in [0.1, 0.15) is 11.1 Å². The third-order valence-electron chi connectivity index (χ3n) is 5.25. The van der Waals surface area contributed by atoms with E-state index in [0.717, 1.165) is 6.08 Å². The molecule has 0 radical (unpaired) electrons. The molecule has 3 aromatic rings. The summed E-state index contributed by atoms with van der Waals surface area (Å²) in [5.41, 5.74) is -3.34. The van der Waals surface area contributed by atoms with Gasteiger partial charge in [0, 0.05) is 10.9 Å². The van der Waals surface area contributed by atoms with Crippen LogP contribution in [0.25, 0.3) is 5.47 Å². The molecule has 0 fully saturated rings. The molecular weight excluding hydrogens is 453 g/mol. The molecular formula is C21H7BF10. The molecule has 32 heavy (non-hydrogen) atoms. The van der Waals surface area contributed by atoms with Crippen LogP contribution in [0.5, 0.6) is 0 Å². The van der Waals surface area contributed by atoms with E-state index in [4.69, 9.17) is 0 Å². The van der Waals surface area contributed by atoms with Crippen LogP contribution in [0.4, 0.5) is 43.9 Å². The Morgan fingerprint density at radius 2 is 0.875 bits per heavy atom. The lowest BCUT2D eigenvalue weighted by atomic mass is 9.35. The normalized spacial score (nSPS) is 12.8. The van der Waals surface area contributed by atoms with Crippen LogP contribution in [0, 0.1) is 58.2 Å². The van der Waals surface area contributed by atoms with Crippen molar-refractivity contribution in [2.24, 2.45) is 0 Å². The first-order chi connectivity index (χ1) is 15.1. The van der Waals surface area contributed by atoms with E-state index in [9.17, 15) is 43.9 Å². The topological polar surface area (TPSA) is 0 Å².